The Balaban J connectivity index is 0. The van der Waals surface area contributed by atoms with Crippen LogP contribution in [0.2, 0.25) is 0 Å². The molecule has 1 N–H and O–H groups in total. The molecule has 1 nitrogen and oxygen atoms in total. The molecule has 0 fully saturated rings. The highest BCUT2D eigenvalue weighted by Gasteiger charge is 2.25. The van der Waals surface area contributed by atoms with E-state index in [1.165, 1.54) is 19.3 Å². The number of rotatable bonds is 7. The van der Waals surface area contributed by atoms with Crippen molar-refractivity contribution in [3.8, 4) is 0 Å². The third-order valence-corrected chi connectivity index (χ3v) is 4.19. The Morgan fingerprint density at radius 2 is 1.56 bits per heavy atom. The first-order valence-corrected chi connectivity index (χ1v) is 7.80. The highest BCUT2D eigenvalue weighted by atomic mass is 32.2. The van der Waals surface area contributed by atoms with Crippen molar-refractivity contribution in [1.29, 1.82) is 0 Å². The molecule has 0 spiro atoms. The number of aliphatic hydroxyl groups excluding tert-OH is 1. The van der Waals surface area contributed by atoms with Crippen LogP contribution in [0.25, 0.3) is 0 Å². The standard InChI is InChI=1S/C12H26OS.C2H6/c1-6-8-11(7-2)12(10(5)13)14-9(3)4;1-2/h9-13H,6-8H2,1-5H3;1-2H3. The summed E-state index contributed by atoms with van der Waals surface area (Å²) in [5, 5.41) is 10.8. The minimum Gasteiger partial charge on any atom is -0.392 e. The fourth-order valence-electron chi connectivity index (χ4n) is 1.90. The van der Waals surface area contributed by atoms with Crippen LogP contribution >= 0.6 is 11.8 Å². The monoisotopic (exact) mass is 248 g/mol. The fourth-order valence-corrected chi connectivity index (χ4v) is 3.31. The van der Waals surface area contributed by atoms with Crippen molar-refractivity contribution in [2.45, 2.75) is 84.3 Å². The molecule has 3 atom stereocenters. The second kappa shape index (κ2) is 11.8. The maximum Gasteiger partial charge on any atom is 0.0633 e. The number of hydrogen-bond acceptors (Lipinski definition) is 2. The molecule has 3 unspecified atom stereocenters. The summed E-state index contributed by atoms with van der Waals surface area (Å²) in [5.41, 5.74) is 0. The highest BCUT2D eigenvalue weighted by molar-refractivity contribution is 8.00. The summed E-state index contributed by atoms with van der Waals surface area (Å²) >= 11 is 1.93. The first-order valence-electron chi connectivity index (χ1n) is 6.86. The molecule has 0 radical (unpaired) electrons. The lowest BCUT2D eigenvalue weighted by molar-refractivity contribution is 0.163. The summed E-state index contributed by atoms with van der Waals surface area (Å²) in [6.45, 7) is 14.8. The highest BCUT2D eigenvalue weighted by Crippen LogP contribution is 2.31. The largest absolute Gasteiger partial charge is 0.392 e. The van der Waals surface area contributed by atoms with Gasteiger partial charge in [0.2, 0.25) is 0 Å². The van der Waals surface area contributed by atoms with Crippen molar-refractivity contribution in [2.24, 2.45) is 5.92 Å². The SMILES string of the molecule is CC.CCCC(CC)C(SC(C)C)C(C)O. The molecule has 0 heterocycles. The molecule has 0 saturated carbocycles. The van der Waals surface area contributed by atoms with Crippen molar-refractivity contribution in [3.05, 3.63) is 0 Å². The predicted octanol–water partition coefficient (Wildman–Crippen LogP) is 4.73. The van der Waals surface area contributed by atoms with Crippen LogP contribution in [-0.4, -0.2) is 21.7 Å². The molecule has 2 heteroatoms. The van der Waals surface area contributed by atoms with Gasteiger partial charge in [-0.3, -0.25) is 0 Å². The van der Waals surface area contributed by atoms with Gasteiger partial charge in [-0.15, -0.1) is 0 Å². The molecule has 0 bridgehead atoms. The van der Waals surface area contributed by atoms with Crippen LogP contribution in [0.4, 0.5) is 0 Å². The van der Waals surface area contributed by atoms with Crippen molar-refractivity contribution in [1.82, 2.24) is 0 Å². The van der Waals surface area contributed by atoms with Gasteiger partial charge < -0.3 is 5.11 Å². The average Bonchev–Trinajstić information content (AvgIpc) is 2.25. The van der Waals surface area contributed by atoms with Gasteiger partial charge in [0.15, 0.2) is 0 Å². The van der Waals surface area contributed by atoms with Gasteiger partial charge in [-0.05, 0) is 24.5 Å². The van der Waals surface area contributed by atoms with Crippen LogP contribution in [0, 0.1) is 5.92 Å². The number of hydrogen-bond donors (Lipinski definition) is 1. The number of aliphatic hydroxyl groups is 1. The first kappa shape index (κ1) is 18.7. The summed E-state index contributed by atoms with van der Waals surface area (Å²) in [7, 11) is 0. The Hall–Kier alpha value is 0.310. The smallest absolute Gasteiger partial charge is 0.0633 e. The Kier molecular flexibility index (Phi) is 13.8. The van der Waals surface area contributed by atoms with E-state index in [2.05, 4.69) is 27.7 Å². The summed E-state index contributed by atoms with van der Waals surface area (Å²) in [5.74, 6) is 0.674. The minimum atomic E-state index is -0.182. The quantitative estimate of drug-likeness (QED) is 0.703. The molecule has 0 aliphatic carbocycles. The Morgan fingerprint density at radius 3 is 1.81 bits per heavy atom. The molecule has 16 heavy (non-hydrogen) atoms. The van der Waals surface area contributed by atoms with Gasteiger partial charge in [-0.2, -0.15) is 11.8 Å². The molecular formula is C14H32OS. The van der Waals surface area contributed by atoms with Crippen molar-refractivity contribution in [2.75, 3.05) is 0 Å². The van der Waals surface area contributed by atoms with E-state index in [1.54, 1.807) is 0 Å². The molecule has 0 aromatic carbocycles. The van der Waals surface area contributed by atoms with Gasteiger partial charge in [-0.25, -0.2) is 0 Å². The molecule has 0 amide bonds. The predicted molar refractivity (Wildman–Crippen MR) is 78.2 cm³/mol. The third-order valence-electron chi connectivity index (χ3n) is 2.55. The molecule has 0 aliphatic heterocycles. The van der Waals surface area contributed by atoms with E-state index in [0.717, 1.165) is 0 Å². The maximum atomic E-state index is 9.77. The topological polar surface area (TPSA) is 20.2 Å². The van der Waals surface area contributed by atoms with E-state index >= 15 is 0 Å². The first-order chi connectivity index (χ1) is 7.52. The van der Waals surface area contributed by atoms with Gasteiger partial charge in [-0.1, -0.05) is 54.4 Å². The zero-order valence-electron chi connectivity index (χ0n) is 12.3. The van der Waals surface area contributed by atoms with E-state index in [4.69, 9.17) is 0 Å². The molecular weight excluding hydrogens is 216 g/mol. The Morgan fingerprint density at radius 1 is 1.06 bits per heavy atom. The van der Waals surface area contributed by atoms with E-state index in [9.17, 15) is 5.11 Å². The third kappa shape index (κ3) is 8.46. The molecule has 0 saturated heterocycles. The van der Waals surface area contributed by atoms with E-state index in [-0.39, 0.29) is 6.10 Å². The van der Waals surface area contributed by atoms with Crippen LogP contribution in [-0.2, 0) is 0 Å². The average molecular weight is 248 g/mol. The van der Waals surface area contributed by atoms with Crippen molar-refractivity contribution in [3.63, 3.8) is 0 Å². The number of thioether (sulfide) groups is 1. The normalized spacial score (nSPS) is 16.3. The van der Waals surface area contributed by atoms with Gasteiger partial charge in [0.1, 0.15) is 0 Å². The lowest BCUT2D eigenvalue weighted by atomic mass is 9.94. The van der Waals surface area contributed by atoms with E-state index in [0.29, 0.717) is 16.4 Å². The zero-order chi connectivity index (χ0) is 13.1. The van der Waals surface area contributed by atoms with Crippen LogP contribution in [0.15, 0.2) is 0 Å². The van der Waals surface area contributed by atoms with Crippen molar-refractivity contribution < 1.29 is 5.11 Å². The second-order valence-electron chi connectivity index (χ2n) is 4.35. The summed E-state index contributed by atoms with van der Waals surface area (Å²) in [4.78, 5) is 0. The summed E-state index contributed by atoms with van der Waals surface area (Å²) < 4.78 is 0. The fraction of sp³-hybridized carbons (Fsp3) is 1.00. The van der Waals surface area contributed by atoms with Crippen LogP contribution in [0.1, 0.15) is 67.7 Å². The lowest BCUT2D eigenvalue weighted by Crippen LogP contribution is -2.29. The van der Waals surface area contributed by atoms with Gasteiger partial charge >= 0.3 is 0 Å². The Labute approximate surface area is 107 Å². The molecule has 0 aromatic heterocycles. The molecule has 0 rings (SSSR count). The second-order valence-corrected chi connectivity index (χ2v) is 6.11. The Bertz CT molecular complexity index is 135. The van der Waals surface area contributed by atoms with Crippen LogP contribution in [0.5, 0.6) is 0 Å². The van der Waals surface area contributed by atoms with E-state index in [1.807, 2.05) is 32.5 Å². The summed E-state index contributed by atoms with van der Waals surface area (Å²) in [6.07, 6.45) is 3.47. The van der Waals surface area contributed by atoms with Gasteiger partial charge in [0.05, 0.1) is 6.10 Å². The molecule has 0 aromatic rings. The van der Waals surface area contributed by atoms with Gasteiger partial charge in [0, 0.05) is 5.25 Å². The van der Waals surface area contributed by atoms with Gasteiger partial charge in [0.25, 0.3) is 0 Å². The lowest BCUT2D eigenvalue weighted by Gasteiger charge is -2.29. The van der Waals surface area contributed by atoms with Crippen molar-refractivity contribution >= 4 is 11.8 Å². The minimum absolute atomic E-state index is 0.182. The van der Waals surface area contributed by atoms with E-state index < -0.39 is 0 Å². The van der Waals surface area contributed by atoms with Crippen LogP contribution in [0.3, 0.4) is 0 Å². The maximum absolute atomic E-state index is 9.77. The molecule has 0 aliphatic rings. The zero-order valence-corrected chi connectivity index (χ0v) is 13.1. The van der Waals surface area contributed by atoms with Crippen LogP contribution < -0.4 is 0 Å². The molecule has 100 valence electrons. The summed E-state index contributed by atoms with van der Waals surface area (Å²) in [6, 6.07) is 0.